The Balaban J connectivity index is 1.76. The maximum atomic E-state index is 12.0. The van der Waals surface area contributed by atoms with Crippen LogP contribution in [-0.4, -0.2) is 22.2 Å². The number of anilines is 1. The summed E-state index contributed by atoms with van der Waals surface area (Å²) in [5.41, 5.74) is 2.19. The van der Waals surface area contributed by atoms with Gasteiger partial charge in [0.05, 0.1) is 0 Å². The summed E-state index contributed by atoms with van der Waals surface area (Å²) < 4.78 is 5.33. The summed E-state index contributed by atoms with van der Waals surface area (Å²) in [6.45, 7) is 3.97. The van der Waals surface area contributed by atoms with Crippen molar-refractivity contribution in [2.24, 2.45) is 0 Å². The number of aromatic nitrogens is 2. The minimum Gasteiger partial charge on any atom is -0.335 e. The highest BCUT2D eigenvalue weighted by Crippen LogP contribution is 2.25. The summed E-state index contributed by atoms with van der Waals surface area (Å²) in [5, 5.41) is 10.3. The van der Waals surface area contributed by atoms with Gasteiger partial charge in [0.15, 0.2) is 0 Å². The van der Waals surface area contributed by atoms with Gasteiger partial charge in [0.2, 0.25) is 5.82 Å². The Morgan fingerprint density at radius 3 is 2.69 bits per heavy atom. The fourth-order valence-corrected chi connectivity index (χ4v) is 2.41. The second-order valence-electron chi connectivity index (χ2n) is 5.92. The van der Waals surface area contributed by atoms with Crippen LogP contribution in [0.2, 0.25) is 5.02 Å². The molecule has 26 heavy (non-hydrogen) atoms. The van der Waals surface area contributed by atoms with Crippen LogP contribution in [-0.2, 0) is 0 Å². The Bertz CT molecular complexity index is 893. The molecule has 0 aliphatic rings. The van der Waals surface area contributed by atoms with E-state index in [1.165, 1.54) is 0 Å². The zero-order chi connectivity index (χ0) is 18.5. The van der Waals surface area contributed by atoms with Gasteiger partial charge in [0.1, 0.15) is 0 Å². The number of benzene rings is 2. The lowest BCUT2D eigenvalue weighted by Gasteiger charge is -2.12. The van der Waals surface area contributed by atoms with E-state index >= 15 is 0 Å². The lowest BCUT2D eigenvalue weighted by molar-refractivity contribution is 0.249. The van der Waals surface area contributed by atoms with E-state index in [9.17, 15) is 4.79 Å². The molecule has 0 aliphatic heterocycles. The Labute approximate surface area is 156 Å². The number of hydrogen-bond donors (Lipinski definition) is 2. The quantitative estimate of drug-likeness (QED) is 0.664. The molecule has 7 heteroatoms. The van der Waals surface area contributed by atoms with Crippen LogP contribution in [0.3, 0.4) is 0 Å². The van der Waals surface area contributed by atoms with Gasteiger partial charge < -0.3 is 15.2 Å². The van der Waals surface area contributed by atoms with Crippen molar-refractivity contribution in [3.05, 3.63) is 53.6 Å². The SMILES string of the molecule is CC[C@H](C)NC(=O)Nc1cccc(-c2noc(-c3ccc(Cl)cc3)n2)c1. The van der Waals surface area contributed by atoms with E-state index in [2.05, 4.69) is 20.8 Å². The second kappa shape index (κ2) is 8.01. The first-order valence-corrected chi connectivity index (χ1v) is 8.70. The molecule has 0 saturated heterocycles. The van der Waals surface area contributed by atoms with Crippen LogP contribution in [0, 0.1) is 0 Å². The molecule has 1 aromatic heterocycles. The molecule has 6 nitrogen and oxygen atoms in total. The summed E-state index contributed by atoms with van der Waals surface area (Å²) in [7, 11) is 0. The fraction of sp³-hybridized carbons (Fsp3) is 0.211. The molecule has 3 rings (SSSR count). The van der Waals surface area contributed by atoms with E-state index < -0.39 is 0 Å². The zero-order valence-corrected chi connectivity index (χ0v) is 15.2. The minimum atomic E-state index is -0.244. The number of nitrogens with one attached hydrogen (secondary N) is 2. The highest BCUT2D eigenvalue weighted by Gasteiger charge is 2.12. The summed E-state index contributed by atoms with van der Waals surface area (Å²) in [4.78, 5) is 16.4. The van der Waals surface area contributed by atoms with Crippen molar-refractivity contribution >= 4 is 23.3 Å². The third kappa shape index (κ3) is 4.40. The first kappa shape index (κ1) is 17.9. The van der Waals surface area contributed by atoms with Crippen LogP contribution in [0.1, 0.15) is 20.3 Å². The molecule has 0 bridgehead atoms. The van der Waals surface area contributed by atoms with Gasteiger partial charge in [-0.2, -0.15) is 4.98 Å². The minimum absolute atomic E-state index is 0.109. The molecule has 2 amide bonds. The van der Waals surface area contributed by atoms with Crippen molar-refractivity contribution in [2.75, 3.05) is 5.32 Å². The van der Waals surface area contributed by atoms with Crippen molar-refractivity contribution in [1.82, 2.24) is 15.5 Å². The van der Waals surface area contributed by atoms with Gasteiger partial charge in [0, 0.05) is 27.9 Å². The van der Waals surface area contributed by atoms with E-state index in [1.54, 1.807) is 24.3 Å². The number of carbonyl (C=O) groups excluding carboxylic acids is 1. The van der Waals surface area contributed by atoms with Crippen LogP contribution in [0.4, 0.5) is 10.5 Å². The summed E-state index contributed by atoms with van der Waals surface area (Å²) in [5.74, 6) is 0.852. The fourth-order valence-electron chi connectivity index (χ4n) is 2.28. The second-order valence-corrected chi connectivity index (χ2v) is 6.36. The maximum Gasteiger partial charge on any atom is 0.319 e. The molecule has 0 fully saturated rings. The Kier molecular flexibility index (Phi) is 5.53. The molecule has 3 aromatic rings. The van der Waals surface area contributed by atoms with E-state index in [0.717, 1.165) is 17.5 Å². The number of amides is 2. The normalized spacial score (nSPS) is 11.8. The third-order valence-electron chi connectivity index (χ3n) is 3.89. The molecule has 0 spiro atoms. The number of nitrogens with zero attached hydrogens (tertiary/aromatic N) is 2. The number of hydrogen-bond acceptors (Lipinski definition) is 4. The Hall–Kier alpha value is -2.86. The van der Waals surface area contributed by atoms with E-state index in [-0.39, 0.29) is 12.1 Å². The topological polar surface area (TPSA) is 80.0 Å². The van der Waals surface area contributed by atoms with Crippen LogP contribution in [0.15, 0.2) is 53.1 Å². The lowest BCUT2D eigenvalue weighted by atomic mass is 10.2. The molecule has 1 atom stereocenters. The van der Waals surface area contributed by atoms with Gasteiger partial charge in [-0.1, -0.05) is 35.8 Å². The van der Waals surface area contributed by atoms with Crippen LogP contribution in [0.25, 0.3) is 22.8 Å². The van der Waals surface area contributed by atoms with E-state index in [1.807, 2.05) is 38.1 Å². The first-order valence-electron chi connectivity index (χ1n) is 8.32. The summed E-state index contributed by atoms with van der Waals surface area (Å²) in [6.07, 6.45) is 0.865. The summed E-state index contributed by atoms with van der Waals surface area (Å²) >= 11 is 5.89. The average Bonchev–Trinajstić information content (AvgIpc) is 3.12. The summed E-state index contributed by atoms with van der Waals surface area (Å²) in [6, 6.07) is 14.3. The molecular formula is C19H19ClN4O2. The average molecular weight is 371 g/mol. The van der Waals surface area contributed by atoms with Crippen molar-refractivity contribution in [1.29, 1.82) is 0 Å². The van der Waals surface area contributed by atoms with Crippen molar-refractivity contribution < 1.29 is 9.32 Å². The highest BCUT2D eigenvalue weighted by molar-refractivity contribution is 6.30. The number of urea groups is 1. The Morgan fingerprint density at radius 2 is 1.96 bits per heavy atom. The van der Waals surface area contributed by atoms with Crippen molar-refractivity contribution in [3.63, 3.8) is 0 Å². The molecular weight excluding hydrogens is 352 g/mol. The molecule has 0 aliphatic carbocycles. The van der Waals surface area contributed by atoms with Crippen molar-refractivity contribution in [2.45, 2.75) is 26.3 Å². The van der Waals surface area contributed by atoms with Crippen LogP contribution in [0.5, 0.6) is 0 Å². The largest absolute Gasteiger partial charge is 0.335 e. The molecule has 0 saturated carbocycles. The van der Waals surface area contributed by atoms with E-state index in [4.69, 9.17) is 16.1 Å². The smallest absolute Gasteiger partial charge is 0.319 e. The van der Waals surface area contributed by atoms with Gasteiger partial charge >= 0.3 is 6.03 Å². The van der Waals surface area contributed by atoms with Crippen LogP contribution >= 0.6 is 11.6 Å². The monoisotopic (exact) mass is 370 g/mol. The standard InChI is InChI=1S/C19H19ClN4O2/c1-3-12(2)21-19(25)22-16-6-4-5-14(11-16)17-23-18(26-24-17)13-7-9-15(20)10-8-13/h4-12H,3H2,1-2H3,(H2,21,22,25)/t12-/m0/s1. The molecule has 134 valence electrons. The highest BCUT2D eigenvalue weighted by atomic mass is 35.5. The predicted molar refractivity (Wildman–Crippen MR) is 102 cm³/mol. The predicted octanol–water partition coefficient (Wildman–Crippen LogP) is 4.98. The van der Waals surface area contributed by atoms with E-state index in [0.29, 0.717) is 22.4 Å². The third-order valence-corrected chi connectivity index (χ3v) is 4.14. The first-order chi connectivity index (χ1) is 12.5. The maximum absolute atomic E-state index is 12.0. The van der Waals surface area contributed by atoms with Gasteiger partial charge in [-0.05, 0) is 49.7 Å². The molecule has 0 unspecified atom stereocenters. The molecule has 2 N–H and O–H groups in total. The molecule has 1 heterocycles. The molecule has 2 aromatic carbocycles. The van der Waals surface area contributed by atoms with Gasteiger partial charge in [-0.15, -0.1) is 0 Å². The lowest BCUT2D eigenvalue weighted by Crippen LogP contribution is -2.35. The van der Waals surface area contributed by atoms with Gasteiger partial charge in [0.25, 0.3) is 5.89 Å². The number of rotatable bonds is 5. The van der Waals surface area contributed by atoms with Gasteiger partial charge in [-0.25, -0.2) is 4.79 Å². The number of halogens is 1. The number of carbonyl (C=O) groups is 1. The molecule has 0 radical (unpaired) electrons. The van der Waals surface area contributed by atoms with Gasteiger partial charge in [-0.3, -0.25) is 0 Å². The zero-order valence-electron chi connectivity index (χ0n) is 14.5. The van der Waals surface area contributed by atoms with Crippen molar-refractivity contribution in [3.8, 4) is 22.8 Å². The Morgan fingerprint density at radius 1 is 1.19 bits per heavy atom. The van der Waals surface area contributed by atoms with Crippen LogP contribution < -0.4 is 10.6 Å².